The van der Waals surface area contributed by atoms with E-state index in [1.807, 2.05) is 56.4 Å². The van der Waals surface area contributed by atoms with E-state index in [2.05, 4.69) is 20.6 Å². The van der Waals surface area contributed by atoms with Crippen LogP contribution in [0.3, 0.4) is 0 Å². The number of hydrazone groups is 1. The Hall–Kier alpha value is -3.52. The van der Waals surface area contributed by atoms with Gasteiger partial charge in [0.05, 0.1) is 23.8 Å². The van der Waals surface area contributed by atoms with Crippen LogP contribution in [-0.4, -0.2) is 26.9 Å². The minimum atomic E-state index is -0.357. The van der Waals surface area contributed by atoms with Crippen LogP contribution in [0.4, 0.5) is 5.69 Å². The van der Waals surface area contributed by atoms with Crippen LogP contribution in [0.5, 0.6) is 0 Å². The summed E-state index contributed by atoms with van der Waals surface area (Å²) in [6.45, 7) is 3.88. The Labute approximate surface area is 165 Å². The third-order valence-corrected chi connectivity index (χ3v) is 5.33. The number of pyridine rings is 1. The number of amides is 1. The molecule has 1 amide bonds. The molecule has 0 aliphatic rings. The van der Waals surface area contributed by atoms with Crippen molar-refractivity contribution in [2.75, 3.05) is 5.73 Å². The first kappa shape index (κ1) is 17.9. The molecule has 28 heavy (non-hydrogen) atoms. The summed E-state index contributed by atoms with van der Waals surface area (Å²) in [4.78, 5) is 18.1. The van der Waals surface area contributed by atoms with Crippen molar-refractivity contribution in [1.82, 2.24) is 20.2 Å². The molecule has 140 valence electrons. The number of nitrogens with one attached hydrogen (secondary N) is 1. The average Bonchev–Trinajstić information content (AvgIpc) is 3.27. The maximum Gasteiger partial charge on any atom is 0.283 e. The average molecular weight is 390 g/mol. The van der Waals surface area contributed by atoms with E-state index in [-0.39, 0.29) is 5.91 Å². The number of nitrogen functional groups attached to an aromatic ring is 1. The number of fused-ring (bicyclic) bond motifs is 1. The SMILES string of the molecule is Cc1cc(C)c2c(N)c(C(=O)N/N=C\c3cnn(-c4ccccc4)c3)sc2n1. The van der Waals surface area contributed by atoms with E-state index in [9.17, 15) is 4.79 Å². The molecule has 7 nitrogen and oxygen atoms in total. The van der Waals surface area contributed by atoms with Crippen LogP contribution in [0, 0.1) is 13.8 Å². The predicted octanol–water partition coefficient (Wildman–Crippen LogP) is 3.44. The van der Waals surface area contributed by atoms with E-state index in [0.717, 1.165) is 32.7 Å². The number of hydrogen-bond acceptors (Lipinski definition) is 6. The quantitative estimate of drug-likeness (QED) is 0.412. The molecule has 0 fully saturated rings. The van der Waals surface area contributed by atoms with Crippen molar-refractivity contribution < 1.29 is 4.79 Å². The van der Waals surface area contributed by atoms with Gasteiger partial charge in [0.1, 0.15) is 9.71 Å². The number of aromatic nitrogens is 3. The summed E-state index contributed by atoms with van der Waals surface area (Å²) in [5.74, 6) is -0.357. The number of thiophene rings is 1. The van der Waals surface area contributed by atoms with E-state index >= 15 is 0 Å². The second kappa shape index (κ2) is 7.24. The van der Waals surface area contributed by atoms with Gasteiger partial charge in [0.25, 0.3) is 5.91 Å². The number of aryl methyl sites for hydroxylation is 2. The van der Waals surface area contributed by atoms with Gasteiger partial charge in [0.2, 0.25) is 0 Å². The molecule has 0 bridgehead atoms. The lowest BCUT2D eigenvalue weighted by molar-refractivity contribution is 0.0960. The Bertz CT molecular complexity index is 1190. The maximum absolute atomic E-state index is 12.5. The smallest absolute Gasteiger partial charge is 0.283 e. The third kappa shape index (κ3) is 3.37. The summed E-state index contributed by atoms with van der Waals surface area (Å²) in [7, 11) is 0. The Morgan fingerprint density at radius 1 is 1.29 bits per heavy atom. The van der Waals surface area contributed by atoms with E-state index in [4.69, 9.17) is 5.73 Å². The molecule has 0 unspecified atom stereocenters. The van der Waals surface area contributed by atoms with Crippen LogP contribution in [0.2, 0.25) is 0 Å². The number of para-hydroxylation sites is 1. The zero-order valence-electron chi connectivity index (χ0n) is 15.4. The maximum atomic E-state index is 12.5. The number of carbonyl (C=O) groups is 1. The summed E-state index contributed by atoms with van der Waals surface area (Å²) in [5, 5.41) is 9.15. The highest BCUT2D eigenvalue weighted by molar-refractivity contribution is 7.21. The van der Waals surface area contributed by atoms with Crippen molar-refractivity contribution in [3.8, 4) is 5.69 Å². The van der Waals surface area contributed by atoms with E-state index < -0.39 is 0 Å². The fourth-order valence-corrected chi connectivity index (χ4v) is 4.09. The number of nitrogens with zero attached hydrogens (tertiary/aromatic N) is 4. The number of hydrogen-bond donors (Lipinski definition) is 2. The van der Waals surface area contributed by atoms with Gasteiger partial charge in [-0.05, 0) is 37.6 Å². The van der Waals surface area contributed by atoms with Gasteiger partial charge in [-0.25, -0.2) is 15.1 Å². The summed E-state index contributed by atoms with van der Waals surface area (Å²) < 4.78 is 1.74. The largest absolute Gasteiger partial charge is 0.397 e. The first-order valence-corrected chi connectivity index (χ1v) is 9.44. The van der Waals surface area contributed by atoms with Gasteiger partial charge in [-0.2, -0.15) is 10.2 Å². The van der Waals surface area contributed by atoms with Crippen LogP contribution in [0.1, 0.15) is 26.5 Å². The van der Waals surface area contributed by atoms with Gasteiger partial charge in [-0.3, -0.25) is 4.79 Å². The van der Waals surface area contributed by atoms with Crippen molar-refractivity contribution >= 4 is 39.4 Å². The number of anilines is 1. The standard InChI is InChI=1S/C20H18N6OS/c1-12-8-13(2)24-20-16(12)17(21)18(28-20)19(27)25-22-9-14-10-23-26(11-14)15-6-4-3-5-7-15/h3-11H,21H2,1-2H3,(H,25,27)/b22-9-. The summed E-state index contributed by atoms with van der Waals surface area (Å²) >= 11 is 1.27. The third-order valence-electron chi connectivity index (χ3n) is 4.23. The van der Waals surface area contributed by atoms with E-state index in [0.29, 0.717) is 10.6 Å². The molecule has 3 heterocycles. The second-order valence-corrected chi connectivity index (χ2v) is 7.36. The lowest BCUT2D eigenvalue weighted by atomic mass is 10.1. The normalized spacial score (nSPS) is 11.4. The molecule has 0 saturated carbocycles. The van der Waals surface area contributed by atoms with Gasteiger partial charge in [0.15, 0.2) is 0 Å². The molecule has 0 aliphatic heterocycles. The van der Waals surface area contributed by atoms with Gasteiger partial charge in [-0.15, -0.1) is 11.3 Å². The van der Waals surface area contributed by atoms with Crippen LogP contribution in [-0.2, 0) is 0 Å². The number of rotatable bonds is 4. The van der Waals surface area contributed by atoms with E-state index in [1.54, 1.807) is 17.1 Å². The van der Waals surface area contributed by atoms with Crippen molar-refractivity contribution in [3.05, 3.63) is 70.5 Å². The lowest BCUT2D eigenvalue weighted by Crippen LogP contribution is -2.17. The fourth-order valence-electron chi connectivity index (χ4n) is 2.98. The zero-order chi connectivity index (χ0) is 19.7. The number of carbonyl (C=O) groups excluding carboxylic acids is 1. The topological polar surface area (TPSA) is 98.2 Å². The number of nitrogens with two attached hydrogens (primary N) is 1. The van der Waals surface area contributed by atoms with E-state index in [1.165, 1.54) is 11.3 Å². The summed E-state index contributed by atoms with van der Waals surface area (Å²) in [5.41, 5.74) is 12.8. The van der Waals surface area contributed by atoms with Crippen molar-refractivity contribution in [3.63, 3.8) is 0 Å². The molecule has 3 aromatic heterocycles. The first-order valence-electron chi connectivity index (χ1n) is 8.62. The number of benzene rings is 1. The minimum absolute atomic E-state index is 0.357. The van der Waals surface area contributed by atoms with Crippen molar-refractivity contribution in [1.29, 1.82) is 0 Å². The summed E-state index contributed by atoms with van der Waals surface area (Å²) in [6.07, 6.45) is 5.04. The van der Waals surface area contributed by atoms with Gasteiger partial charge < -0.3 is 5.73 Å². The molecule has 4 rings (SSSR count). The molecule has 0 saturated heterocycles. The van der Waals surface area contributed by atoms with Crippen molar-refractivity contribution in [2.45, 2.75) is 13.8 Å². The Kier molecular flexibility index (Phi) is 4.62. The highest BCUT2D eigenvalue weighted by atomic mass is 32.1. The van der Waals surface area contributed by atoms with Crippen LogP contribution in [0.25, 0.3) is 15.9 Å². The Balaban J connectivity index is 1.51. The Morgan fingerprint density at radius 3 is 2.86 bits per heavy atom. The zero-order valence-corrected chi connectivity index (χ0v) is 16.2. The molecule has 3 N–H and O–H groups in total. The molecule has 1 aromatic carbocycles. The second-order valence-electron chi connectivity index (χ2n) is 6.36. The molecular formula is C20H18N6OS. The minimum Gasteiger partial charge on any atom is -0.397 e. The van der Waals surface area contributed by atoms with Crippen LogP contribution in [0.15, 0.2) is 53.9 Å². The molecule has 8 heteroatoms. The predicted molar refractivity (Wildman–Crippen MR) is 112 cm³/mol. The van der Waals surface area contributed by atoms with Crippen molar-refractivity contribution in [2.24, 2.45) is 5.10 Å². The van der Waals surface area contributed by atoms with Gasteiger partial charge in [-0.1, -0.05) is 18.2 Å². The lowest BCUT2D eigenvalue weighted by Gasteiger charge is -2.00. The molecule has 0 radical (unpaired) electrons. The van der Waals surface area contributed by atoms with Crippen LogP contribution >= 0.6 is 11.3 Å². The molecular weight excluding hydrogens is 372 g/mol. The van der Waals surface area contributed by atoms with Crippen LogP contribution < -0.4 is 11.2 Å². The highest BCUT2D eigenvalue weighted by Crippen LogP contribution is 2.34. The molecule has 0 aliphatic carbocycles. The Morgan fingerprint density at radius 2 is 2.07 bits per heavy atom. The first-order chi connectivity index (χ1) is 13.5. The van der Waals surface area contributed by atoms with Gasteiger partial charge >= 0.3 is 0 Å². The van der Waals surface area contributed by atoms with Gasteiger partial charge in [0, 0.05) is 22.8 Å². The molecule has 0 atom stereocenters. The highest BCUT2D eigenvalue weighted by Gasteiger charge is 2.18. The molecule has 0 spiro atoms. The summed E-state index contributed by atoms with van der Waals surface area (Å²) in [6, 6.07) is 11.7. The monoisotopic (exact) mass is 390 g/mol. The molecule has 4 aromatic rings. The fraction of sp³-hybridized carbons (Fsp3) is 0.100.